The number of halogens is 1. The molecule has 0 saturated heterocycles. The Hall–Kier alpha value is -2.14. The van der Waals surface area contributed by atoms with Crippen LogP contribution in [0.1, 0.15) is 47.3 Å². The first-order valence-electron chi connectivity index (χ1n) is 8.40. The first-order valence-corrected chi connectivity index (χ1v) is 9.19. The minimum Gasteiger partial charge on any atom is -0.449 e. The molecule has 0 fully saturated rings. The van der Waals surface area contributed by atoms with Gasteiger partial charge < -0.3 is 10.1 Å². The molecule has 1 aliphatic carbocycles. The summed E-state index contributed by atoms with van der Waals surface area (Å²) in [6, 6.07) is 15.1. The van der Waals surface area contributed by atoms with Crippen LogP contribution in [0.25, 0.3) is 0 Å². The van der Waals surface area contributed by atoms with Gasteiger partial charge >= 0.3 is 5.97 Å². The van der Waals surface area contributed by atoms with E-state index in [-0.39, 0.29) is 11.9 Å². The maximum Gasteiger partial charge on any atom is 0.340 e. The summed E-state index contributed by atoms with van der Waals surface area (Å²) >= 11 is 3.32. The van der Waals surface area contributed by atoms with Crippen molar-refractivity contribution < 1.29 is 14.3 Å². The Labute approximate surface area is 155 Å². The van der Waals surface area contributed by atoms with E-state index in [0.717, 1.165) is 24.8 Å². The highest BCUT2D eigenvalue weighted by molar-refractivity contribution is 9.10. The zero-order valence-corrected chi connectivity index (χ0v) is 15.6. The van der Waals surface area contributed by atoms with Crippen molar-refractivity contribution in [2.45, 2.75) is 38.3 Å². The van der Waals surface area contributed by atoms with Crippen LogP contribution in [0.5, 0.6) is 0 Å². The molecule has 0 aromatic heterocycles. The lowest BCUT2D eigenvalue weighted by molar-refractivity contribution is -0.130. The van der Waals surface area contributed by atoms with Gasteiger partial charge in [-0.15, -0.1) is 0 Å². The van der Waals surface area contributed by atoms with Crippen LogP contribution in [0.3, 0.4) is 0 Å². The molecule has 0 saturated carbocycles. The van der Waals surface area contributed by atoms with Crippen LogP contribution < -0.4 is 5.32 Å². The van der Waals surface area contributed by atoms with Gasteiger partial charge in [0.05, 0.1) is 11.6 Å². The molecule has 4 nitrogen and oxygen atoms in total. The number of nitrogens with one attached hydrogen (secondary N) is 1. The number of carbonyl (C=O) groups excluding carboxylic acids is 2. The number of esters is 1. The maximum atomic E-state index is 12.5. The van der Waals surface area contributed by atoms with Crippen LogP contribution in [0.4, 0.5) is 0 Å². The van der Waals surface area contributed by atoms with Gasteiger partial charge in [-0.05, 0) is 65.4 Å². The van der Waals surface area contributed by atoms with E-state index in [2.05, 4.69) is 33.4 Å². The highest BCUT2D eigenvalue weighted by atomic mass is 79.9. The van der Waals surface area contributed by atoms with Gasteiger partial charge in [-0.25, -0.2) is 4.79 Å². The van der Waals surface area contributed by atoms with Crippen LogP contribution in [0.15, 0.2) is 53.0 Å². The fraction of sp³-hybridized carbons (Fsp3) is 0.300. The number of aryl methyl sites for hydroxylation is 1. The molecule has 1 N–H and O–H groups in total. The van der Waals surface area contributed by atoms with Gasteiger partial charge in [0.25, 0.3) is 5.91 Å². The van der Waals surface area contributed by atoms with E-state index >= 15 is 0 Å². The first-order chi connectivity index (χ1) is 12.1. The lowest BCUT2D eigenvalue weighted by Crippen LogP contribution is -2.39. The van der Waals surface area contributed by atoms with Crippen LogP contribution in [-0.2, 0) is 16.0 Å². The largest absolute Gasteiger partial charge is 0.449 e. The molecule has 1 amide bonds. The van der Waals surface area contributed by atoms with E-state index in [1.165, 1.54) is 5.56 Å². The number of hydrogen-bond donors (Lipinski definition) is 1. The molecule has 130 valence electrons. The molecule has 0 spiro atoms. The topological polar surface area (TPSA) is 55.4 Å². The van der Waals surface area contributed by atoms with Crippen molar-refractivity contribution in [3.8, 4) is 0 Å². The smallest absolute Gasteiger partial charge is 0.340 e. The number of amides is 1. The number of fused-ring (bicyclic) bond motifs is 1. The average molecular weight is 402 g/mol. The third kappa shape index (κ3) is 4.10. The third-order valence-electron chi connectivity index (χ3n) is 4.43. The van der Waals surface area contributed by atoms with Crippen LogP contribution in [0, 0.1) is 0 Å². The second-order valence-electron chi connectivity index (χ2n) is 6.18. The Morgan fingerprint density at radius 3 is 2.68 bits per heavy atom. The minimum absolute atomic E-state index is 0.0259. The Morgan fingerprint density at radius 1 is 1.16 bits per heavy atom. The zero-order chi connectivity index (χ0) is 17.8. The molecule has 5 heteroatoms. The lowest BCUT2D eigenvalue weighted by Gasteiger charge is -2.27. The van der Waals surface area contributed by atoms with E-state index < -0.39 is 12.1 Å². The Kier molecular flexibility index (Phi) is 5.53. The summed E-state index contributed by atoms with van der Waals surface area (Å²) < 4.78 is 5.97. The minimum atomic E-state index is -0.853. The summed E-state index contributed by atoms with van der Waals surface area (Å²) in [4.78, 5) is 24.7. The number of hydrogen-bond acceptors (Lipinski definition) is 3. The molecule has 25 heavy (non-hydrogen) atoms. The predicted molar refractivity (Wildman–Crippen MR) is 99.3 cm³/mol. The normalized spacial score (nSPS) is 17.3. The van der Waals surface area contributed by atoms with Crippen molar-refractivity contribution in [2.24, 2.45) is 0 Å². The van der Waals surface area contributed by atoms with Gasteiger partial charge in [0.2, 0.25) is 0 Å². The predicted octanol–water partition coefficient (Wildman–Crippen LogP) is 4.19. The van der Waals surface area contributed by atoms with Crippen molar-refractivity contribution in [3.05, 3.63) is 69.7 Å². The van der Waals surface area contributed by atoms with Crippen LogP contribution in [-0.4, -0.2) is 18.0 Å². The standard InChI is InChI=1S/C20H20BrNO3/c1-13(25-20(24)16-10-4-5-11-17(16)21)19(23)22-18-12-6-8-14-7-2-3-9-15(14)18/h2-5,7,9-11,13,18H,6,8,12H2,1H3,(H,22,23)/t13-,18-/m1/s1. The highest BCUT2D eigenvalue weighted by Gasteiger charge is 2.25. The number of benzene rings is 2. The van der Waals surface area contributed by atoms with Gasteiger partial charge in [-0.2, -0.15) is 0 Å². The van der Waals surface area contributed by atoms with Crippen molar-refractivity contribution in [1.29, 1.82) is 0 Å². The van der Waals surface area contributed by atoms with Gasteiger partial charge in [0.1, 0.15) is 0 Å². The number of carbonyl (C=O) groups is 2. The third-order valence-corrected chi connectivity index (χ3v) is 5.12. The van der Waals surface area contributed by atoms with E-state index in [0.29, 0.717) is 10.0 Å². The summed E-state index contributed by atoms with van der Waals surface area (Å²) in [5.41, 5.74) is 2.84. The Morgan fingerprint density at radius 2 is 1.88 bits per heavy atom. The second-order valence-corrected chi connectivity index (χ2v) is 7.03. The average Bonchev–Trinajstić information content (AvgIpc) is 2.62. The molecule has 0 unspecified atom stereocenters. The monoisotopic (exact) mass is 401 g/mol. The molecule has 2 aromatic carbocycles. The first kappa shape index (κ1) is 17.7. The quantitative estimate of drug-likeness (QED) is 0.781. The lowest BCUT2D eigenvalue weighted by atomic mass is 9.87. The number of rotatable bonds is 4. The highest BCUT2D eigenvalue weighted by Crippen LogP contribution is 2.29. The molecule has 0 bridgehead atoms. The summed E-state index contributed by atoms with van der Waals surface area (Å²) in [5, 5.41) is 3.02. The summed E-state index contributed by atoms with van der Waals surface area (Å²) in [5.74, 6) is -0.790. The van der Waals surface area contributed by atoms with E-state index in [9.17, 15) is 9.59 Å². The molecule has 0 heterocycles. The van der Waals surface area contributed by atoms with Gasteiger partial charge in [-0.1, -0.05) is 36.4 Å². The fourth-order valence-corrected chi connectivity index (χ4v) is 3.54. The van der Waals surface area contributed by atoms with E-state index in [1.54, 1.807) is 25.1 Å². The molecule has 0 aliphatic heterocycles. The molecule has 0 radical (unpaired) electrons. The van der Waals surface area contributed by atoms with E-state index in [1.807, 2.05) is 18.2 Å². The SMILES string of the molecule is C[C@@H](OC(=O)c1ccccc1Br)C(=O)N[C@@H]1CCCc2ccccc21. The second kappa shape index (κ2) is 7.83. The van der Waals surface area contributed by atoms with Gasteiger partial charge in [0, 0.05) is 4.47 Å². The molecule has 3 rings (SSSR count). The Bertz CT molecular complexity index is 790. The van der Waals surface area contributed by atoms with Crippen molar-refractivity contribution >= 4 is 27.8 Å². The van der Waals surface area contributed by atoms with Gasteiger partial charge in [0.15, 0.2) is 6.10 Å². The van der Waals surface area contributed by atoms with Crippen molar-refractivity contribution in [3.63, 3.8) is 0 Å². The summed E-state index contributed by atoms with van der Waals surface area (Å²) in [7, 11) is 0. The molecule has 1 aliphatic rings. The summed E-state index contributed by atoms with van der Waals surface area (Å²) in [6.45, 7) is 1.60. The van der Waals surface area contributed by atoms with Crippen LogP contribution in [0.2, 0.25) is 0 Å². The zero-order valence-electron chi connectivity index (χ0n) is 14.0. The van der Waals surface area contributed by atoms with Crippen molar-refractivity contribution in [1.82, 2.24) is 5.32 Å². The molecule has 2 atom stereocenters. The molecular formula is C20H20BrNO3. The van der Waals surface area contributed by atoms with Crippen molar-refractivity contribution in [2.75, 3.05) is 0 Å². The number of ether oxygens (including phenoxy) is 1. The molecule has 2 aromatic rings. The van der Waals surface area contributed by atoms with Crippen LogP contribution >= 0.6 is 15.9 Å². The summed E-state index contributed by atoms with van der Waals surface area (Å²) in [6.07, 6.45) is 2.12. The molecular weight excluding hydrogens is 382 g/mol. The fourth-order valence-electron chi connectivity index (χ4n) is 3.10. The maximum absolute atomic E-state index is 12.5. The van der Waals surface area contributed by atoms with E-state index in [4.69, 9.17) is 4.74 Å². The Balaban J connectivity index is 1.64. The van der Waals surface area contributed by atoms with Gasteiger partial charge in [-0.3, -0.25) is 4.79 Å².